The number of aromatic nitrogens is 6. The van der Waals surface area contributed by atoms with Gasteiger partial charge in [0.2, 0.25) is 0 Å². The van der Waals surface area contributed by atoms with Gasteiger partial charge in [0.25, 0.3) is 5.56 Å². The van der Waals surface area contributed by atoms with E-state index in [-0.39, 0.29) is 24.3 Å². The number of rotatable bonds is 12. The molecular weight excluding hydrogens is 590 g/mol. The number of hydrogen-bond donors (Lipinski definition) is 4. The molecule has 0 spiro atoms. The fourth-order valence-corrected chi connectivity index (χ4v) is 6.43. The molecule has 41 heavy (non-hydrogen) atoms. The summed E-state index contributed by atoms with van der Waals surface area (Å²) in [5, 5.41) is 3.56. The minimum Gasteiger partial charge on any atom is -0.382 e. The molecule has 0 bridgehead atoms. The maximum absolute atomic E-state index is 12.5. The number of aromatic amines is 1. The molecule has 2 unspecified atom stereocenters. The Balaban J connectivity index is 1.33. The first-order valence-corrected chi connectivity index (χ1v) is 15.1. The van der Waals surface area contributed by atoms with Gasteiger partial charge >= 0.3 is 21.1 Å². The van der Waals surface area contributed by atoms with Crippen LogP contribution in [0.2, 0.25) is 0 Å². The predicted octanol–water partition coefficient (Wildman–Crippen LogP) is 0.915. The maximum Gasteiger partial charge on any atom is 0.479 e. The molecule has 4 rings (SSSR count). The van der Waals surface area contributed by atoms with Crippen LogP contribution < -0.4 is 17.0 Å². The van der Waals surface area contributed by atoms with Gasteiger partial charge in [-0.25, -0.2) is 28.6 Å². The van der Waals surface area contributed by atoms with E-state index in [0.717, 1.165) is 4.57 Å². The van der Waals surface area contributed by atoms with Crippen molar-refractivity contribution in [1.29, 1.82) is 0 Å². The van der Waals surface area contributed by atoms with Crippen molar-refractivity contribution < 1.29 is 37.2 Å². The van der Waals surface area contributed by atoms with Crippen LogP contribution in [0, 0.1) is 6.92 Å². The highest BCUT2D eigenvalue weighted by atomic mass is 31.3. The van der Waals surface area contributed by atoms with Crippen molar-refractivity contribution in [2.45, 2.75) is 51.3 Å². The Hall–Kier alpha value is -3.44. The van der Waals surface area contributed by atoms with Gasteiger partial charge < -0.3 is 29.6 Å². The number of phosphoric ester groups is 1. The number of nitrogens with zero attached hydrogens (tertiary/aromatic N) is 8. The number of aryl methyl sites for hydroxylation is 1. The second kappa shape index (κ2) is 12.2. The van der Waals surface area contributed by atoms with E-state index in [9.17, 15) is 28.5 Å². The summed E-state index contributed by atoms with van der Waals surface area (Å²) in [6, 6.07) is -0.950. The van der Waals surface area contributed by atoms with E-state index >= 15 is 0 Å². The molecule has 1 saturated heterocycles. The number of imidazole rings is 1. The van der Waals surface area contributed by atoms with Gasteiger partial charge in [-0.05, 0) is 19.4 Å². The fourth-order valence-electron chi connectivity index (χ4n) is 3.98. The zero-order chi connectivity index (χ0) is 29.9. The number of azide groups is 1. The van der Waals surface area contributed by atoms with Crippen LogP contribution in [0.1, 0.15) is 25.1 Å². The Bertz CT molecular complexity index is 1680. The second-order valence-electron chi connectivity index (χ2n) is 9.03. The molecule has 4 heterocycles. The van der Waals surface area contributed by atoms with Gasteiger partial charge in [0.15, 0.2) is 11.5 Å². The van der Waals surface area contributed by atoms with Crippen molar-refractivity contribution in [1.82, 2.24) is 29.1 Å². The molecule has 3 aromatic heterocycles. The summed E-state index contributed by atoms with van der Waals surface area (Å²) in [5.41, 5.74) is 14.3. The lowest BCUT2D eigenvalue weighted by molar-refractivity contribution is -0.0267. The molecule has 5 N–H and O–H groups in total. The molecule has 222 valence electrons. The first-order valence-electron chi connectivity index (χ1n) is 11.8. The number of fused-ring (bicyclic) bond motifs is 1. The van der Waals surface area contributed by atoms with Crippen molar-refractivity contribution in [2.75, 3.05) is 18.7 Å². The standard InChI is InChI=1S/C19H26N10O10P2/c1-10-4-29(19(31)25-18(10)30)14-3-12(26-27-21)13(38-14)6-37-41(34,35)39-40(32,33)9-36-11(2)5-28-8-24-15-16(20)22-7-23-17(15)28/h4,7-8,11-14H,3,5-6,9H2,1-2H3,(H,32,33)(H,34,35)(H2,20,22,23)(H,25,30,31)/t11-,12+,13-,14-/m1/s1. The van der Waals surface area contributed by atoms with Gasteiger partial charge in [-0.2, -0.15) is 0 Å². The topological polar surface area (TPSA) is 285 Å². The van der Waals surface area contributed by atoms with Crippen molar-refractivity contribution in [3.8, 4) is 0 Å². The number of hydrogen-bond acceptors (Lipinski definition) is 13. The van der Waals surface area contributed by atoms with E-state index in [4.69, 9.17) is 25.3 Å². The average molecular weight is 616 g/mol. The summed E-state index contributed by atoms with van der Waals surface area (Å²) in [6.07, 6.45) is 0.120. The zero-order valence-electron chi connectivity index (χ0n) is 21.6. The minimum atomic E-state index is -5.15. The van der Waals surface area contributed by atoms with Crippen LogP contribution in [0.4, 0.5) is 5.82 Å². The maximum atomic E-state index is 12.5. The van der Waals surface area contributed by atoms with E-state index in [1.54, 1.807) is 11.5 Å². The Morgan fingerprint density at radius 1 is 1.34 bits per heavy atom. The molecule has 22 heteroatoms. The van der Waals surface area contributed by atoms with Gasteiger partial charge in [0, 0.05) is 23.1 Å². The Labute approximate surface area is 229 Å². The Morgan fingerprint density at radius 2 is 2.10 bits per heavy atom. The molecule has 1 aliphatic rings. The molecule has 6 atom stereocenters. The number of ether oxygens (including phenoxy) is 2. The lowest BCUT2D eigenvalue weighted by atomic mass is 10.1. The number of anilines is 1. The van der Waals surface area contributed by atoms with Gasteiger partial charge in [0.05, 0.1) is 37.7 Å². The largest absolute Gasteiger partial charge is 0.479 e. The average Bonchev–Trinajstić information content (AvgIpc) is 3.48. The highest BCUT2D eigenvalue weighted by Gasteiger charge is 2.40. The number of nitrogens with one attached hydrogen (secondary N) is 1. The van der Waals surface area contributed by atoms with Crippen molar-refractivity contribution in [2.24, 2.45) is 5.11 Å². The molecular formula is C19H26N10O10P2. The minimum absolute atomic E-state index is 0.0326. The number of nitrogens with two attached hydrogens (primary N) is 1. The smallest absolute Gasteiger partial charge is 0.382 e. The molecule has 0 saturated carbocycles. The van der Waals surface area contributed by atoms with E-state index in [1.165, 1.54) is 25.8 Å². The van der Waals surface area contributed by atoms with Crippen LogP contribution in [-0.2, 0) is 34.0 Å². The van der Waals surface area contributed by atoms with Crippen LogP contribution in [0.3, 0.4) is 0 Å². The molecule has 0 radical (unpaired) electrons. The molecule has 1 aliphatic heterocycles. The van der Waals surface area contributed by atoms with Crippen molar-refractivity contribution >= 4 is 32.4 Å². The normalized spacial score (nSPS) is 22.6. The van der Waals surface area contributed by atoms with Crippen LogP contribution >= 0.6 is 15.4 Å². The second-order valence-corrected chi connectivity index (χ2v) is 12.4. The third kappa shape index (κ3) is 7.45. The quantitative estimate of drug-likeness (QED) is 0.0952. The highest BCUT2D eigenvalue weighted by Crippen LogP contribution is 2.60. The SMILES string of the molecule is Cc1cn([C@H]2C[C@H](N=[N+]=[N-])[C@@H](COP(=O)(O)OP(=O)(O)CO[C@H](C)Cn3cnc4c(N)ncnc43)O2)c(=O)[nH]c1=O. The zero-order valence-corrected chi connectivity index (χ0v) is 23.4. The summed E-state index contributed by atoms with van der Waals surface area (Å²) in [7, 11) is -9.96. The first-order chi connectivity index (χ1) is 19.3. The molecule has 0 aliphatic carbocycles. The van der Waals surface area contributed by atoms with E-state index in [2.05, 4.69) is 34.3 Å². The predicted molar refractivity (Wildman–Crippen MR) is 139 cm³/mol. The summed E-state index contributed by atoms with van der Waals surface area (Å²) >= 11 is 0. The molecule has 0 amide bonds. The summed E-state index contributed by atoms with van der Waals surface area (Å²) < 4.78 is 47.9. The van der Waals surface area contributed by atoms with Crippen molar-refractivity contribution in [3.63, 3.8) is 0 Å². The first kappa shape index (κ1) is 30.5. The molecule has 1 fully saturated rings. The van der Waals surface area contributed by atoms with Gasteiger partial charge in [-0.1, -0.05) is 5.11 Å². The lowest BCUT2D eigenvalue weighted by Crippen LogP contribution is -2.33. The van der Waals surface area contributed by atoms with Crippen LogP contribution in [0.5, 0.6) is 0 Å². The third-order valence-electron chi connectivity index (χ3n) is 5.90. The molecule has 0 aromatic carbocycles. The Kier molecular flexibility index (Phi) is 9.08. The van der Waals surface area contributed by atoms with Gasteiger partial charge in [-0.15, -0.1) is 0 Å². The van der Waals surface area contributed by atoms with Gasteiger partial charge in [-0.3, -0.25) is 23.4 Å². The monoisotopic (exact) mass is 616 g/mol. The van der Waals surface area contributed by atoms with E-state index in [1.807, 2.05) is 0 Å². The number of H-pyrrole nitrogens is 1. The fraction of sp³-hybridized carbons (Fsp3) is 0.526. The van der Waals surface area contributed by atoms with Crippen LogP contribution in [0.25, 0.3) is 21.6 Å². The highest BCUT2D eigenvalue weighted by molar-refractivity contribution is 7.63. The van der Waals surface area contributed by atoms with E-state index in [0.29, 0.717) is 11.2 Å². The number of nitrogen functional groups attached to an aromatic ring is 1. The Morgan fingerprint density at radius 3 is 2.83 bits per heavy atom. The molecule has 20 nitrogen and oxygen atoms in total. The molecule has 3 aromatic rings. The van der Waals surface area contributed by atoms with E-state index < -0.39 is 64.1 Å². The van der Waals surface area contributed by atoms with Crippen molar-refractivity contribution in [3.05, 3.63) is 55.7 Å². The van der Waals surface area contributed by atoms with Crippen LogP contribution in [0.15, 0.2) is 33.6 Å². The summed E-state index contributed by atoms with van der Waals surface area (Å²) in [4.78, 5) is 60.9. The summed E-state index contributed by atoms with van der Waals surface area (Å²) in [6.45, 7) is 2.47. The number of phosphoric acid groups is 1. The lowest BCUT2D eigenvalue weighted by Gasteiger charge is -2.21. The third-order valence-corrected chi connectivity index (χ3v) is 8.70. The van der Waals surface area contributed by atoms with Crippen LogP contribution in [-0.4, -0.2) is 70.1 Å². The summed E-state index contributed by atoms with van der Waals surface area (Å²) in [5.74, 6) is 0.180. The van der Waals surface area contributed by atoms with Gasteiger partial charge in [0.1, 0.15) is 24.4 Å².